The smallest absolute Gasteiger partial charge is 0.167 e. The van der Waals surface area contributed by atoms with Gasteiger partial charge in [0, 0.05) is 22.3 Å². The zero-order valence-electron chi connectivity index (χ0n) is 20.4. The van der Waals surface area contributed by atoms with Gasteiger partial charge in [0.05, 0.1) is 0 Å². The van der Waals surface area contributed by atoms with Crippen molar-refractivity contribution in [2.24, 2.45) is 5.92 Å². The van der Waals surface area contributed by atoms with Crippen molar-refractivity contribution >= 4 is 0 Å². The Labute approximate surface area is 208 Å². The molecule has 4 rings (SSSR count). The second-order valence-electron chi connectivity index (χ2n) is 9.32. The number of rotatable bonds is 7. The van der Waals surface area contributed by atoms with Gasteiger partial charge >= 0.3 is 0 Å². The second-order valence-corrected chi connectivity index (χ2v) is 9.32. The molecule has 0 saturated carbocycles. The van der Waals surface area contributed by atoms with Gasteiger partial charge < -0.3 is 0 Å². The molecule has 1 atom stereocenters. The average Bonchev–Trinajstić information content (AvgIpc) is 2.85. The maximum Gasteiger partial charge on any atom is 0.167 e. The van der Waals surface area contributed by atoms with Gasteiger partial charge in [-0.2, -0.15) is 0 Å². The Balaban J connectivity index is 1.66. The van der Waals surface area contributed by atoms with Crippen molar-refractivity contribution in [3.63, 3.8) is 0 Å². The summed E-state index contributed by atoms with van der Waals surface area (Å²) in [7, 11) is 0. The normalized spacial score (nSPS) is 12.1. The molecule has 36 heavy (non-hydrogen) atoms. The zero-order chi connectivity index (χ0) is 26.0. The highest BCUT2D eigenvalue weighted by atomic mass is 19.2. The number of hydrogen-bond acceptors (Lipinski definition) is 0. The third-order valence-electron chi connectivity index (χ3n) is 6.76. The SMILES string of the molecule is CC[C@H](C)CCc1c(F)cc(-c2ccc(-c3ccc(-c4ccc(C)cc4)cc3F)c(F)c2F)cc1F. The summed E-state index contributed by atoms with van der Waals surface area (Å²) in [6.07, 6.45) is 1.74. The molecule has 0 bridgehead atoms. The highest BCUT2D eigenvalue weighted by Gasteiger charge is 2.21. The molecule has 186 valence electrons. The number of aryl methyl sites for hydroxylation is 1. The summed E-state index contributed by atoms with van der Waals surface area (Å²) in [4.78, 5) is 0. The standard InChI is InChI=1S/C31H27F5/c1-4-18(2)7-11-26-28(33)16-22(17-29(26)34)23-13-14-25(31(36)30(23)35)24-12-10-21(15-27(24)32)20-8-5-19(3)6-9-20/h5-6,8-10,12-18H,4,7,11H2,1-3H3/t18-/m0/s1. The van der Waals surface area contributed by atoms with Gasteiger partial charge in [0.1, 0.15) is 17.5 Å². The molecule has 0 nitrogen and oxygen atoms in total. The van der Waals surface area contributed by atoms with E-state index in [1.807, 2.05) is 45.0 Å². The molecule has 0 N–H and O–H groups in total. The van der Waals surface area contributed by atoms with Crippen LogP contribution < -0.4 is 0 Å². The van der Waals surface area contributed by atoms with E-state index in [9.17, 15) is 13.2 Å². The molecule has 0 aliphatic heterocycles. The van der Waals surface area contributed by atoms with Crippen LogP contribution in [0.1, 0.15) is 37.8 Å². The lowest BCUT2D eigenvalue weighted by Gasteiger charge is -2.13. The first-order chi connectivity index (χ1) is 17.2. The van der Waals surface area contributed by atoms with Crippen molar-refractivity contribution in [1.82, 2.24) is 0 Å². The van der Waals surface area contributed by atoms with Gasteiger partial charge in [-0.3, -0.25) is 0 Å². The van der Waals surface area contributed by atoms with Gasteiger partial charge in [-0.05, 0) is 60.6 Å². The molecule has 5 heteroatoms. The average molecular weight is 495 g/mol. The van der Waals surface area contributed by atoms with Crippen LogP contribution in [0, 0.1) is 41.9 Å². The lowest BCUT2D eigenvalue weighted by atomic mass is 9.94. The van der Waals surface area contributed by atoms with Gasteiger partial charge in [0.2, 0.25) is 0 Å². The van der Waals surface area contributed by atoms with E-state index in [2.05, 4.69) is 0 Å². The number of hydrogen-bond donors (Lipinski definition) is 0. The Morgan fingerprint density at radius 2 is 1.14 bits per heavy atom. The predicted octanol–water partition coefficient (Wildman–Crippen LogP) is 9.67. The number of halogens is 5. The van der Waals surface area contributed by atoms with Gasteiger partial charge in [-0.1, -0.05) is 74.4 Å². The van der Waals surface area contributed by atoms with E-state index in [1.165, 1.54) is 24.3 Å². The van der Waals surface area contributed by atoms with Crippen molar-refractivity contribution in [2.75, 3.05) is 0 Å². The maximum atomic E-state index is 15.1. The predicted molar refractivity (Wildman–Crippen MR) is 135 cm³/mol. The van der Waals surface area contributed by atoms with Crippen LogP contribution in [0.15, 0.2) is 66.7 Å². The van der Waals surface area contributed by atoms with Crippen LogP contribution >= 0.6 is 0 Å². The molecule has 0 unspecified atom stereocenters. The van der Waals surface area contributed by atoms with E-state index >= 15 is 8.78 Å². The minimum absolute atomic E-state index is 0.0627. The van der Waals surface area contributed by atoms with Crippen LogP contribution in [0.25, 0.3) is 33.4 Å². The van der Waals surface area contributed by atoms with E-state index in [4.69, 9.17) is 0 Å². The lowest BCUT2D eigenvalue weighted by Crippen LogP contribution is -2.02. The maximum absolute atomic E-state index is 15.1. The van der Waals surface area contributed by atoms with Gasteiger partial charge in [-0.15, -0.1) is 0 Å². The van der Waals surface area contributed by atoms with Gasteiger partial charge in [0.15, 0.2) is 11.6 Å². The molecular weight excluding hydrogens is 467 g/mol. The molecule has 4 aromatic carbocycles. The summed E-state index contributed by atoms with van der Waals surface area (Å²) in [5.41, 5.74) is 1.62. The van der Waals surface area contributed by atoms with E-state index in [1.54, 1.807) is 6.07 Å². The topological polar surface area (TPSA) is 0 Å². The van der Waals surface area contributed by atoms with Crippen molar-refractivity contribution in [1.29, 1.82) is 0 Å². The Hall–Kier alpha value is -3.47. The Morgan fingerprint density at radius 3 is 1.75 bits per heavy atom. The van der Waals surface area contributed by atoms with Crippen molar-refractivity contribution in [3.8, 4) is 33.4 Å². The minimum atomic E-state index is -1.29. The summed E-state index contributed by atoms with van der Waals surface area (Å²) in [5.74, 6) is -4.56. The van der Waals surface area contributed by atoms with Crippen LogP contribution in [0.2, 0.25) is 0 Å². The Kier molecular flexibility index (Phi) is 7.58. The largest absolute Gasteiger partial charge is 0.207 e. The quantitative estimate of drug-likeness (QED) is 0.224. The fourth-order valence-electron chi connectivity index (χ4n) is 4.23. The molecule has 0 radical (unpaired) electrons. The summed E-state index contributed by atoms with van der Waals surface area (Å²) in [5, 5.41) is 0. The summed E-state index contributed by atoms with van der Waals surface area (Å²) >= 11 is 0. The first kappa shape index (κ1) is 25.6. The highest BCUT2D eigenvalue weighted by molar-refractivity contribution is 5.75. The number of benzene rings is 4. The molecule has 0 fully saturated rings. The fraction of sp³-hybridized carbons (Fsp3) is 0.226. The van der Waals surface area contributed by atoms with Gasteiger partial charge in [-0.25, -0.2) is 22.0 Å². The molecule has 0 saturated heterocycles. The summed E-state index contributed by atoms with van der Waals surface area (Å²) in [6.45, 7) is 5.95. The van der Waals surface area contributed by atoms with E-state index in [0.717, 1.165) is 29.7 Å². The molecule has 0 aliphatic rings. The lowest BCUT2D eigenvalue weighted by molar-refractivity contribution is 0.489. The minimum Gasteiger partial charge on any atom is -0.207 e. The van der Waals surface area contributed by atoms with Crippen molar-refractivity contribution in [2.45, 2.75) is 40.0 Å². The molecule has 0 heterocycles. The molecule has 4 aromatic rings. The third-order valence-corrected chi connectivity index (χ3v) is 6.76. The van der Waals surface area contributed by atoms with Crippen LogP contribution in [-0.4, -0.2) is 0 Å². The first-order valence-electron chi connectivity index (χ1n) is 12.0. The van der Waals surface area contributed by atoms with Crippen LogP contribution in [0.4, 0.5) is 22.0 Å². The summed E-state index contributed by atoms with van der Waals surface area (Å²) < 4.78 is 74.5. The third kappa shape index (κ3) is 5.20. The van der Waals surface area contributed by atoms with E-state index in [0.29, 0.717) is 17.9 Å². The van der Waals surface area contributed by atoms with Crippen molar-refractivity contribution < 1.29 is 22.0 Å². The van der Waals surface area contributed by atoms with Crippen LogP contribution in [-0.2, 0) is 6.42 Å². The molecule has 0 amide bonds. The Bertz CT molecular complexity index is 1370. The fourth-order valence-corrected chi connectivity index (χ4v) is 4.23. The first-order valence-corrected chi connectivity index (χ1v) is 12.0. The second kappa shape index (κ2) is 10.7. The highest BCUT2D eigenvalue weighted by Crippen LogP contribution is 2.35. The monoisotopic (exact) mass is 494 g/mol. The zero-order valence-corrected chi connectivity index (χ0v) is 20.4. The summed E-state index contributed by atoms with van der Waals surface area (Å²) in [6, 6.07) is 16.3. The molecule has 0 spiro atoms. The van der Waals surface area contributed by atoms with Crippen LogP contribution in [0.3, 0.4) is 0 Å². The molecule has 0 aromatic heterocycles. The molecular formula is C31H27F5. The van der Waals surface area contributed by atoms with Crippen LogP contribution in [0.5, 0.6) is 0 Å². The van der Waals surface area contributed by atoms with E-state index in [-0.39, 0.29) is 34.2 Å². The molecule has 0 aliphatic carbocycles. The Morgan fingerprint density at radius 1 is 0.611 bits per heavy atom. The van der Waals surface area contributed by atoms with Crippen molar-refractivity contribution in [3.05, 3.63) is 107 Å². The van der Waals surface area contributed by atoms with Gasteiger partial charge in [0.25, 0.3) is 0 Å². The van der Waals surface area contributed by atoms with E-state index < -0.39 is 29.1 Å².